The fraction of sp³-hybridized carbons (Fsp3) is 0.667. The zero-order valence-corrected chi connectivity index (χ0v) is 11.9. The van der Waals surface area contributed by atoms with Crippen molar-refractivity contribution in [2.75, 3.05) is 18.0 Å². The Morgan fingerprint density at radius 3 is 2.50 bits per heavy atom. The lowest BCUT2D eigenvalue weighted by molar-refractivity contribution is 0.484. The normalized spacial score (nSPS) is 10.8. The molecule has 0 N–H and O–H groups in total. The highest BCUT2D eigenvalue weighted by molar-refractivity contribution is 9.10. The summed E-state index contributed by atoms with van der Waals surface area (Å²) in [6, 6.07) is 0. The first kappa shape index (κ1) is 13.4. The Morgan fingerprint density at radius 1 is 1.31 bits per heavy atom. The van der Waals surface area contributed by atoms with Crippen LogP contribution in [0.5, 0.6) is 0 Å². The Labute approximate surface area is 106 Å². The van der Waals surface area contributed by atoms with Gasteiger partial charge in [0.2, 0.25) is 0 Å². The minimum absolute atomic E-state index is 0.738. The summed E-state index contributed by atoms with van der Waals surface area (Å²) in [7, 11) is 0. The standard InChI is InChI=1S/C12H20BrN3/c1-4-10(5-2)8-16(6-3)12-11(13)7-14-9-15-12/h7,9-10H,4-6,8H2,1-3H3. The van der Waals surface area contributed by atoms with Crippen LogP contribution in [-0.4, -0.2) is 23.1 Å². The third-order valence-electron chi connectivity index (χ3n) is 2.96. The molecule has 0 radical (unpaired) electrons. The monoisotopic (exact) mass is 285 g/mol. The molecule has 1 aromatic heterocycles. The van der Waals surface area contributed by atoms with Gasteiger partial charge in [0.25, 0.3) is 0 Å². The molecule has 0 aliphatic heterocycles. The minimum atomic E-state index is 0.738. The predicted molar refractivity (Wildman–Crippen MR) is 71.7 cm³/mol. The summed E-state index contributed by atoms with van der Waals surface area (Å²) in [5, 5.41) is 0. The quantitative estimate of drug-likeness (QED) is 0.801. The van der Waals surface area contributed by atoms with Gasteiger partial charge in [-0.15, -0.1) is 0 Å². The van der Waals surface area contributed by atoms with Crippen molar-refractivity contribution in [2.24, 2.45) is 5.92 Å². The number of hydrogen-bond acceptors (Lipinski definition) is 3. The van der Waals surface area contributed by atoms with Gasteiger partial charge in [0, 0.05) is 19.3 Å². The number of rotatable bonds is 6. The summed E-state index contributed by atoms with van der Waals surface area (Å²) in [5.74, 6) is 1.74. The van der Waals surface area contributed by atoms with Gasteiger partial charge in [-0.2, -0.15) is 0 Å². The third kappa shape index (κ3) is 3.44. The van der Waals surface area contributed by atoms with Gasteiger partial charge in [0.1, 0.15) is 12.1 Å². The fourth-order valence-corrected chi connectivity index (χ4v) is 2.23. The molecule has 0 atom stereocenters. The van der Waals surface area contributed by atoms with Gasteiger partial charge < -0.3 is 4.90 Å². The lowest BCUT2D eigenvalue weighted by Crippen LogP contribution is -2.30. The van der Waals surface area contributed by atoms with Crippen LogP contribution in [0.2, 0.25) is 0 Å². The molecule has 0 spiro atoms. The summed E-state index contributed by atoms with van der Waals surface area (Å²) >= 11 is 3.50. The van der Waals surface area contributed by atoms with Crippen LogP contribution in [0.15, 0.2) is 17.0 Å². The topological polar surface area (TPSA) is 29.0 Å². The van der Waals surface area contributed by atoms with Crippen LogP contribution in [0.25, 0.3) is 0 Å². The van der Waals surface area contributed by atoms with Crippen molar-refractivity contribution in [3.05, 3.63) is 17.0 Å². The van der Waals surface area contributed by atoms with E-state index in [4.69, 9.17) is 0 Å². The molecule has 0 amide bonds. The molecule has 90 valence electrons. The number of halogens is 1. The molecule has 16 heavy (non-hydrogen) atoms. The largest absolute Gasteiger partial charge is 0.356 e. The predicted octanol–water partition coefficient (Wildman–Crippen LogP) is 3.50. The molecular weight excluding hydrogens is 266 g/mol. The molecule has 3 nitrogen and oxygen atoms in total. The van der Waals surface area contributed by atoms with Crippen LogP contribution < -0.4 is 4.90 Å². The Hall–Kier alpha value is -0.640. The van der Waals surface area contributed by atoms with Gasteiger partial charge in [0.15, 0.2) is 0 Å². The first-order chi connectivity index (χ1) is 7.72. The molecule has 1 rings (SSSR count). The second-order valence-electron chi connectivity index (χ2n) is 3.92. The number of nitrogens with zero attached hydrogens (tertiary/aromatic N) is 3. The maximum Gasteiger partial charge on any atom is 0.146 e. The van der Waals surface area contributed by atoms with Crippen molar-refractivity contribution in [3.8, 4) is 0 Å². The first-order valence-electron chi connectivity index (χ1n) is 5.93. The second-order valence-corrected chi connectivity index (χ2v) is 4.77. The maximum atomic E-state index is 4.34. The summed E-state index contributed by atoms with van der Waals surface area (Å²) in [4.78, 5) is 10.6. The third-order valence-corrected chi connectivity index (χ3v) is 3.52. The summed E-state index contributed by atoms with van der Waals surface area (Å²) in [5.41, 5.74) is 0. The summed E-state index contributed by atoms with van der Waals surface area (Å²) in [6.45, 7) is 8.70. The number of hydrogen-bond donors (Lipinski definition) is 0. The highest BCUT2D eigenvalue weighted by atomic mass is 79.9. The smallest absolute Gasteiger partial charge is 0.146 e. The lowest BCUT2D eigenvalue weighted by atomic mass is 10.0. The van der Waals surface area contributed by atoms with Crippen molar-refractivity contribution < 1.29 is 0 Å². The average molecular weight is 286 g/mol. The molecule has 0 saturated carbocycles. The van der Waals surface area contributed by atoms with E-state index in [1.54, 1.807) is 12.5 Å². The molecule has 1 aromatic rings. The maximum absolute atomic E-state index is 4.34. The molecule has 0 unspecified atom stereocenters. The van der Waals surface area contributed by atoms with E-state index in [1.165, 1.54) is 12.8 Å². The van der Waals surface area contributed by atoms with Crippen molar-refractivity contribution in [1.29, 1.82) is 0 Å². The lowest BCUT2D eigenvalue weighted by Gasteiger charge is -2.26. The Kier molecular flexibility index (Phi) is 5.74. The van der Waals surface area contributed by atoms with Crippen LogP contribution in [0.1, 0.15) is 33.6 Å². The molecule has 0 aliphatic carbocycles. The van der Waals surface area contributed by atoms with Crippen LogP contribution in [0, 0.1) is 5.92 Å². The molecule has 0 saturated heterocycles. The van der Waals surface area contributed by atoms with Crippen molar-refractivity contribution in [3.63, 3.8) is 0 Å². The molecule has 1 heterocycles. The van der Waals surface area contributed by atoms with Gasteiger partial charge in [-0.05, 0) is 28.8 Å². The second kappa shape index (κ2) is 6.84. The van der Waals surface area contributed by atoms with Crippen molar-refractivity contribution >= 4 is 21.7 Å². The summed E-state index contributed by atoms with van der Waals surface area (Å²) < 4.78 is 0.975. The Morgan fingerprint density at radius 2 is 2.00 bits per heavy atom. The van der Waals surface area contributed by atoms with Crippen molar-refractivity contribution in [2.45, 2.75) is 33.6 Å². The minimum Gasteiger partial charge on any atom is -0.356 e. The molecule has 4 heteroatoms. The van der Waals surface area contributed by atoms with E-state index in [2.05, 4.69) is 51.6 Å². The molecule has 0 bridgehead atoms. The zero-order chi connectivity index (χ0) is 12.0. The van der Waals surface area contributed by atoms with Crippen molar-refractivity contribution in [1.82, 2.24) is 9.97 Å². The SMILES string of the molecule is CCC(CC)CN(CC)c1ncncc1Br. The van der Waals surface area contributed by atoms with E-state index in [9.17, 15) is 0 Å². The number of anilines is 1. The Bertz CT molecular complexity index is 313. The zero-order valence-electron chi connectivity index (χ0n) is 10.3. The molecule has 0 aliphatic rings. The van der Waals surface area contributed by atoms with E-state index in [1.807, 2.05) is 0 Å². The first-order valence-corrected chi connectivity index (χ1v) is 6.72. The number of aromatic nitrogens is 2. The van der Waals surface area contributed by atoms with Crippen LogP contribution in [-0.2, 0) is 0 Å². The fourth-order valence-electron chi connectivity index (χ4n) is 1.76. The van der Waals surface area contributed by atoms with E-state index in [0.717, 1.165) is 29.3 Å². The summed E-state index contributed by atoms with van der Waals surface area (Å²) in [6.07, 6.45) is 5.85. The van der Waals surface area contributed by atoms with E-state index < -0.39 is 0 Å². The van der Waals surface area contributed by atoms with Crippen LogP contribution >= 0.6 is 15.9 Å². The van der Waals surface area contributed by atoms with Gasteiger partial charge in [-0.3, -0.25) is 0 Å². The van der Waals surface area contributed by atoms with E-state index in [-0.39, 0.29) is 0 Å². The molecular formula is C12H20BrN3. The van der Waals surface area contributed by atoms with E-state index in [0.29, 0.717) is 0 Å². The van der Waals surface area contributed by atoms with E-state index >= 15 is 0 Å². The highest BCUT2D eigenvalue weighted by Gasteiger charge is 2.13. The molecule has 0 aromatic carbocycles. The van der Waals surface area contributed by atoms with Gasteiger partial charge >= 0.3 is 0 Å². The average Bonchev–Trinajstić information content (AvgIpc) is 2.32. The van der Waals surface area contributed by atoms with Crippen LogP contribution in [0.4, 0.5) is 5.82 Å². The highest BCUT2D eigenvalue weighted by Crippen LogP contribution is 2.23. The van der Waals surface area contributed by atoms with Gasteiger partial charge in [0.05, 0.1) is 4.47 Å². The Balaban J connectivity index is 2.78. The molecule has 0 fully saturated rings. The van der Waals surface area contributed by atoms with Gasteiger partial charge in [-0.25, -0.2) is 9.97 Å². The van der Waals surface area contributed by atoms with Gasteiger partial charge in [-0.1, -0.05) is 26.7 Å². The van der Waals surface area contributed by atoms with Crippen LogP contribution in [0.3, 0.4) is 0 Å².